The molecule has 0 amide bonds. The Bertz CT molecular complexity index is 1220. The number of ether oxygens (including phenoxy) is 4. The molecule has 2 aliphatic heterocycles. The van der Waals surface area contributed by atoms with Gasteiger partial charge in [-0.15, -0.1) is 0 Å². The van der Waals surface area contributed by atoms with Gasteiger partial charge in [0.1, 0.15) is 12.7 Å². The van der Waals surface area contributed by atoms with Gasteiger partial charge < -0.3 is 18.9 Å². The molecule has 5 rings (SSSR count). The number of hydrogen-bond donors (Lipinski definition) is 2. The number of aromatic nitrogens is 2. The first-order valence-corrected chi connectivity index (χ1v) is 11.8. The van der Waals surface area contributed by atoms with E-state index in [9.17, 15) is 19.2 Å². The fourth-order valence-corrected chi connectivity index (χ4v) is 4.84. The molecule has 1 aliphatic carbocycles. The smallest absolute Gasteiger partial charge is 0.351 e. The third kappa shape index (κ3) is 4.56. The number of anilines is 1. The molecule has 0 radical (unpaired) electrons. The Balaban J connectivity index is 1.45. The lowest BCUT2D eigenvalue weighted by molar-refractivity contribution is -0.156. The highest BCUT2D eigenvalue weighted by molar-refractivity contribution is 6.03. The second kappa shape index (κ2) is 10.1. The van der Waals surface area contributed by atoms with Crippen molar-refractivity contribution in [3.05, 3.63) is 58.1 Å². The molecule has 1 aromatic heterocycles. The van der Waals surface area contributed by atoms with Crippen molar-refractivity contribution in [1.29, 1.82) is 0 Å². The fraction of sp³-hybridized carbons (Fsp3) is 0.458. The lowest BCUT2D eigenvalue weighted by Crippen LogP contribution is -2.44. The second-order valence-corrected chi connectivity index (χ2v) is 8.93. The van der Waals surface area contributed by atoms with Crippen molar-refractivity contribution in [1.82, 2.24) is 9.55 Å². The number of rotatable bonds is 5. The summed E-state index contributed by atoms with van der Waals surface area (Å²) in [6.07, 6.45) is 1.11. The molecule has 4 atom stereocenters. The number of carbonyl (C=O) groups excluding carboxylic acids is 3. The quantitative estimate of drug-likeness (QED) is 0.352. The van der Waals surface area contributed by atoms with Crippen LogP contribution >= 0.6 is 0 Å². The van der Waals surface area contributed by atoms with Crippen molar-refractivity contribution in [3.8, 4) is 0 Å². The van der Waals surface area contributed by atoms with Gasteiger partial charge in [-0.1, -0.05) is 31.4 Å². The second-order valence-electron chi connectivity index (χ2n) is 8.93. The van der Waals surface area contributed by atoms with E-state index in [0.29, 0.717) is 0 Å². The third-order valence-corrected chi connectivity index (χ3v) is 6.69. The van der Waals surface area contributed by atoms with Crippen LogP contribution in [-0.2, 0) is 23.7 Å². The maximum atomic E-state index is 13.0. The summed E-state index contributed by atoms with van der Waals surface area (Å²) < 4.78 is 24.0. The minimum absolute atomic E-state index is 0.0113. The summed E-state index contributed by atoms with van der Waals surface area (Å²) in [6.45, 7) is -0.266. The van der Waals surface area contributed by atoms with Crippen LogP contribution in [0.25, 0.3) is 0 Å². The molecule has 1 saturated heterocycles. The van der Waals surface area contributed by atoms with Gasteiger partial charge in [0.25, 0.3) is 0 Å². The summed E-state index contributed by atoms with van der Waals surface area (Å²) in [5, 5.41) is 9.04. The Morgan fingerprint density at radius 2 is 1.69 bits per heavy atom. The SMILES string of the molecule is O=C1O[C@@H]2[C@H](OC(=O)c3ccccc31)[C@@H](COC(=O)C1CCCCC1)O[C@H]2n1ccc(NO)nc1=O. The van der Waals surface area contributed by atoms with Crippen LogP contribution in [-0.4, -0.2) is 57.6 Å². The number of nitrogens with one attached hydrogen (secondary N) is 1. The maximum absolute atomic E-state index is 13.0. The van der Waals surface area contributed by atoms with Crippen molar-refractivity contribution in [3.63, 3.8) is 0 Å². The van der Waals surface area contributed by atoms with Gasteiger partial charge in [-0.2, -0.15) is 4.98 Å². The molecule has 36 heavy (non-hydrogen) atoms. The summed E-state index contributed by atoms with van der Waals surface area (Å²) >= 11 is 0. The van der Waals surface area contributed by atoms with Crippen molar-refractivity contribution >= 4 is 23.7 Å². The minimum atomic E-state index is -1.24. The van der Waals surface area contributed by atoms with E-state index in [4.69, 9.17) is 24.2 Å². The number of hydrogen-bond acceptors (Lipinski definition) is 11. The van der Waals surface area contributed by atoms with E-state index < -0.39 is 42.2 Å². The average Bonchev–Trinajstić information content (AvgIpc) is 3.22. The first-order chi connectivity index (χ1) is 17.5. The van der Waals surface area contributed by atoms with Crippen LogP contribution in [0.3, 0.4) is 0 Å². The Morgan fingerprint density at radius 1 is 1.03 bits per heavy atom. The summed E-state index contributed by atoms with van der Waals surface area (Å²) in [5.74, 6) is -2.23. The van der Waals surface area contributed by atoms with E-state index in [-0.39, 0.29) is 35.4 Å². The van der Waals surface area contributed by atoms with E-state index in [1.807, 2.05) is 0 Å². The minimum Gasteiger partial charge on any atom is -0.463 e. The normalized spacial score (nSPS) is 26.0. The molecule has 190 valence electrons. The first kappa shape index (κ1) is 23.9. The summed E-state index contributed by atoms with van der Waals surface area (Å²) in [5.41, 5.74) is 1.00. The van der Waals surface area contributed by atoms with Crippen LogP contribution in [0.4, 0.5) is 5.82 Å². The number of carbonyl (C=O) groups is 3. The monoisotopic (exact) mass is 499 g/mol. The molecule has 2 N–H and O–H groups in total. The maximum Gasteiger partial charge on any atom is 0.351 e. The van der Waals surface area contributed by atoms with E-state index in [1.165, 1.54) is 24.4 Å². The van der Waals surface area contributed by atoms with E-state index in [1.54, 1.807) is 17.6 Å². The van der Waals surface area contributed by atoms with Crippen molar-refractivity contribution in [2.45, 2.75) is 56.6 Å². The molecule has 2 fully saturated rings. The molecular weight excluding hydrogens is 474 g/mol. The lowest BCUT2D eigenvalue weighted by atomic mass is 9.89. The molecule has 3 aliphatic rings. The fourth-order valence-electron chi connectivity index (χ4n) is 4.84. The van der Waals surface area contributed by atoms with Crippen LogP contribution < -0.4 is 11.2 Å². The molecular formula is C24H25N3O9. The largest absolute Gasteiger partial charge is 0.463 e. The van der Waals surface area contributed by atoms with Crippen LogP contribution in [0.2, 0.25) is 0 Å². The van der Waals surface area contributed by atoms with Gasteiger partial charge in [0.2, 0.25) is 0 Å². The topological polar surface area (TPSA) is 155 Å². The Labute approximate surface area is 205 Å². The molecule has 12 nitrogen and oxygen atoms in total. The van der Waals surface area contributed by atoms with Crippen molar-refractivity contribution < 1.29 is 38.5 Å². The molecule has 0 bridgehead atoms. The van der Waals surface area contributed by atoms with Gasteiger partial charge in [-0.3, -0.25) is 20.0 Å². The van der Waals surface area contributed by atoms with Crippen molar-refractivity contribution in [2.75, 3.05) is 12.1 Å². The summed E-state index contributed by atoms with van der Waals surface area (Å²) in [7, 11) is 0. The predicted octanol–water partition coefficient (Wildman–Crippen LogP) is 1.83. The number of benzene rings is 1. The third-order valence-electron chi connectivity index (χ3n) is 6.69. The van der Waals surface area contributed by atoms with E-state index in [2.05, 4.69) is 4.98 Å². The number of esters is 3. The molecule has 1 aromatic carbocycles. The molecule has 0 spiro atoms. The van der Waals surface area contributed by atoms with Gasteiger partial charge in [0.15, 0.2) is 24.3 Å². The number of fused-ring (bicyclic) bond motifs is 2. The highest BCUT2D eigenvalue weighted by Gasteiger charge is 2.53. The van der Waals surface area contributed by atoms with Crippen LogP contribution in [0.1, 0.15) is 59.0 Å². The van der Waals surface area contributed by atoms with Gasteiger partial charge in [-0.25, -0.2) is 14.4 Å². The highest BCUT2D eigenvalue weighted by Crippen LogP contribution is 2.36. The molecule has 3 heterocycles. The van der Waals surface area contributed by atoms with Crippen LogP contribution in [0.5, 0.6) is 0 Å². The Morgan fingerprint density at radius 3 is 2.33 bits per heavy atom. The highest BCUT2D eigenvalue weighted by atomic mass is 16.7. The molecule has 0 unspecified atom stereocenters. The molecule has 12 heteroatoms. The molecule has 2 aromatic rings. The molecule has 1 saturated carbocycles. The number of nitrogens with zero attached hydrogens (tertiary/aromatic N) is 2. The zero-order valence-corrected chi connectivity index (χ0v) is 19.2. The Kier molecular flexibility index (Phi) is 6.70. The van der Waals surface area contributed by atoms with E-state index >= 15 is 0 Å². The van der Waals surface area contributed by atoms with Gasteiger partial charge in [-0.05, 0) is 31.0 Å². The van der Waals surface area contributed by atoms with E-state index in [0.717, 1.165) is 36.7 Å². The standard InChI is InChI=1S/C24H25N3O9/c28-21(13-6-2-1-3-7-13)33-12-16-18-19(20(34-16)27-11-10-17(26-32)25-24(27)31)36-23(30)15-9-5-4-8-14(15)22(29)35-18/h4-5,8-11,13,16,18-20,32H,1-3,6-7,12H2,(H,25,26,31)/t16-,18-,19-,20-/m1/s1. The zero-order chi connectivity index (χ0) is 25.2. The van der Waals surface area contributed by atoms with Gasteiger partial charge in [0.05, 0.1) is 17.0 Å². The van der Waals surface area contributed by atoms with Crippen molar-refractivity contribution in [2.24, 2.45) is 5.92 Å². The summed E-state index contributed by atoms with van der Waals surface area (Å²) in [4.78, 5) is 54.9. The van der Waals surface area contributed by atoms with Gasteiger partial charge >= 0.3 is 23.6 Å². The van der Waals surface area contributed by atoms with Crippen LogP contribution in [0, 0.1) is 5.92 Å². The predicted molar refractivity (Wildman–Crippen MR) is 120 cm³/mol. The summed E-state index contributed by atoms with van der Waals surface area (Å²) in [6, 6.07) is 7.36. The van der Waals surface area contributed by atoms with Crippen LogP contribution in [0.15, 0.2) is 41.3 Å². The zero-order valence-electron chi connectivity index (χ0n) is 19.2. The first-order valence-electron chi connectivity index (χ1n) is 11.8. The van der Waals surface area contributed by atoms with Gasteiger partial charge in [0, 0.05) is 6.20 Å². The Hall–Kier alpha value is -3.77. The lowest BCUT2D eigenvalue weighted by Gasteiger charge is -2.27. The average molecular weight is 499 g/mol.